The normalized spacial score (nSPS) is 19.1. The summed E-state index contributed by atoms with van der Waals surface area (Å²) >= 11 is 1.45. The lowest BCUT2D eigenvalue weighted by Gasteiger charge is -2.33. The van der Waals surface area contributed by atoms with Gasteiger partial charge >= 0.3 is 0 Å². The highest BCUT2D eigenvalue weighted by Gasteiger charge is 2.17. The first kappa shape index (κ1) is 11.7. The number of aliphatic hydroxyl groups is 1. The number of hydrogen-bond donors (Lipinski definition) is 2. The molecular weight excluding hydrogens is 226 g/mol. The fourth-order valence-electron chi connectivity index (χ4n) is 1.83. The molecule has 1 saturated heterocycles. The molecule has 6 nitrogen and oxygen atoms in total. The lowest BCUT2D eigenvalue weighted by Crippen LogP contribution is -2.46. The van der Waals surface area contributed by atoms with Crippen LogP contribution in [0.2, 0.25) is 0 Å². The van der Waals surface area contributed by atoms with Crippen molar-refractivity contribution in [3.05, 3.63) is 5.01 Å². The van der Waals surface area contributed by atoms with Gasteiger partial charge in [-0.2, -0.15) is 0 Å². The topological polar surface area (TPSA) is 78.5 Å². The minimum atomic E-state index is 0.243. The van der Waals surface area contributed by atoms with Crippen molar-refractivity contribution < 1.29 is 5.11 Å². The van der Waals surface area contributed by atoms with Crippen LogP contribution in [0.5, 0.6) is 0 Å². The first-order valence-corrected chi connectivity index (χ1v) is 6.23. The third-order valence-electron chi connectivity index (χ3n) is 2.72. The predicted molar refractivity (Wildman–Crippen MR) is 63.1 cm³/mol. The van der Waals surface area contributed by atoms with Gasteiger partial charge < -0.3 is 10.8 Å². The van der Waals surface area contributed by atoms with Crippen molar-refractivity contribution in [3.8, 4) is 0 Å². The summed E-state index contributed by atoms with van der Waals surface area (Å²) in [6.07, 6.45) is 0. The lowest BCUT2D eigenvalue weighted by molar-refractivity contribution is 0.108. The van der Waals surface area contributed by atoms with E-state index in [1.807, 2.05) is 0 Å². The van der Waals surface area contributed by atoms with E-state index in [1.54, 1.807) is 0 Å². The van der Waals surface area contributed by atoms with Gasteiger partial charge in [0.2, 0.25) is 5.13 Å². The lowest BCUT2D eigenvalue weighted by atomic mass is 10.3. The minimum absolute atomic E-state index is 0.243. The summed E-state index contributed by atoms with van der Waals surface area (Å²) in [5.74, 6) is 0. The highest BCUT2D eigenvalue weighted by Crippen LogP contribution is 2.14. The van der Waals surface area contributed by atoms with Crippen molar-refractivity contribution in [1.82, 2.24) is 20.0 Å². The molecule has 3 N–H and O–H groups in total. The Balaban J connectivity index is 1.77. The molecule has 1 aliphatic heterocycles. The van der Waals surface area contributed by atoms with Gasteiger partial charge in [-0.3, -0.25) is 9.80 Å². The average molecular weight is 243 g/mol. The Hall–Kier alpha value is -0.760. The van der Waals surface area contributed by atoms with Gasteiger partial charge in [-0.1, -0.05) is 11.3 Å². The van der Waals surface area contributed by atoms with Gasteiger partial charge in [0.25, 0.3) is 0 Å². The predicted octanol–water partition coefficient (Wildman–Crippen LogP) is -0.770. The van der Waals surface area contributed by atoms with Gasteiger partial charge in [0.15, 0.2) is 0 Å². The molecule has 2 heterocycles. The fourth-order valence-corrected chi connectivity index (χ4v) is 2.49. The molecule has 0 amide bonds. The fraction of sp³-hybridized carbons (Fsp3) is 0.778. The zero-order chi connectivity index (χ0) is 11.4. The smallest absolute Gasteiger partial charge is 0.203 e. The number of aliphatic hydroxyl groups excluding tert-OH is 1. The zero-order valence-corrected chi connectivity index (χ0v) is 9.99. The third-order valence-corrected chi connectivity index (χ3v) is 3.46. The maximum absolute atomic E-state index is 8.84. The number of piperazine rings is 1. The second-order valence-corrected chi connectivity index (χ2v) is 4.97. The van der Waals surface area contributed by atoms with Crippen LogP contribution in [-0.2, 0) is 6.54 Å². The number of nitrogens with zero attached hydrogens (tertiary/aromatic N) is 4. The Kier molecular flexibility index (Phi) is 4.05. The molecule has 0 spiro atoms. The highest BCUT2D eigenvalue weighted by atomic mass is 32.1. The molecule has 1 aromatic heterocycles. The summed E-state index contributed by atoms with van der Waals surface area (Å²) in [5.41, 5.74) is 5.54. The number of β-amino-alcohol motifs (C(OH)–C–C–N with tert-alkyl or cyclic N) is 1. The molecule has 0 aliphatic carbocycles. The minimum Gasteiger partial charge on any atom is -0.395 e. The van der Waals surface area contributed by atoms with Gasteiger partial charge in [0.1, 0.15) is 5.01 Å². The van der Waals surface area contributed by atoms with Gasteiger partial charge in [0.05, 0.1) is 13.2 Å². The van der Waals surface area contributed by atoms with E-state index in [1.165, 1.54) is 11.3 Å². The summed E-state index contributed by atoms with van der Waals surface area (Å²) < 4.78 is 0. The van der Waals surface area contributed by atoms with Crippen molar-refractivity contribution in [2.75, 3.05) is 45.1 Å². The molecule has 0 bridgehead atoms. The molecule has 0 aromatic carbocycles. The highest BCUT2D eigenvalue weighted by molar-refractivity contribution is 7.15. The van der Waals surface area contributed by atoms with Gasteiger partial charge in [-0.25, -0.2) is 0 Å². The van der Waals surface area contributed by atoms with E-state index in [-0.39, 0.29) is 6.61 Å². The van der Waals surface area contributed by atoms with Crippen LogP contribution in [0.3, 0.4) is 0 Å². The molecule has 1 aliphatic rings. The molecule has 2 rings (SSSR count). The van der Waals surface area contributed by atoms with E-state index in [0.717, 1.165) is 44.3 Å². The molecule has 0 atom stereocenters. The molecule has 0 saturated carbocycles. The van der Waals surface area contributed by atoms with Gasteiger partial charge in [-0.15, -0.1) is 10.2 Å². The average Bonchev–Trinajstić information content (AvgIpc) is 2.67. The Morgan fingerprint density at radius 2 is 1.88 bits per heavy atom. The van der Waals surface area contributed by atoms with E-state index in [0.29, 0.717) is 5.13 Å². The van der Waals surface area contributed by atoms with Gasteiger partial charge in [-0.05, 0) is 0 Å². The molecule has 16 heavy (non-hydrogen) atoms. The Morgan fingerprint density at radius 3 is 2.44 bits per heavy atom. The second-order valence-electron chi connectivity index (χ2n) is 3.88. The summed E-state index contributed by atoms with van der Waals surface area (Å²) in [4.78, 5) is 4.61. The number of rotatable bonds is 4. The van der Waals surface area contributed by atoms with Crippen molar-refractivity contribution in [2.24, 2.45) is 0 Å². The van der Waals surface area contributed by atoms with Crippen LogP contribution in [0.15, 0.2) is 0 Å². The first-order chi connectivity index (χ1) is 7.78. The standard InChI is InChI=1S/C9H17N5OS/c10-9-12-11-8(16-9)7-14-3-1-13(2-4-14)5-6-15/h15H,1-7H2,(H2,10,12). The van der Waals surface area contributed by atoms with Crippen LogP contribution in [0.25, 0.3) is 0 Å². The van der Waals surface area contributed by atoms with Crippen LogP contribution < -0.4 is 5.73 Å². The van der Waals surface area contributed by atoms with Crippen molar-refractivity contribution in [2.45, 2.75) is 6.54 Å². The van der Waals surface area contributed by atoms with Crippen LogP contribution >= 0.6 is 11.3 Å². The van der Waals surface area contributed by atoms with Crippen LogP contribution in [-0.4, -0.2) is 64.4 Å². The molecule has 1 aromatic rings. The van der Waals surface area contributed by atoms with Crippen LogP contribution in [0, 0.1) is 0 Å². The van der Waals surface area contributed by atoms with Crippen molar-refractivity contribution in [3.63, 3.8) is 0 Å². The van der Waals surface area contributed by atoms with Crippen molar-refractivity contribution in [1.29, 1.82) is 0 Å². The molecule has 90 valence electrons. The van der Waals surface area contributed by atoms with Crippen LogP contribution in [0.1, 0.15) is 5.01 Å². The summed E-state index contributed by atoms with van der Waals surface area (Å²) in [7, 11) is 0. The Labute approximate surface area is 98.7 Å². The summed E-state index contributed by atoms with van der Waals surface area (Å²) in [6, 6.07) is 0. The maximum atomic E-state index is 8.84. The molecular formula is C9H17N5OS. The molecule has 1 fully saturated rings. The first-order valence-electron chi connectivity index (χ1n) is 5.41. The SMILES string of the molecule is Nc1nnc(CN2CCN(CCO)CC2)s1. The zero-order valence-electron chi connectivity index (χ0n) is 9.17. The summed E-state index contributed by atoms with van der Waals surface area (Å²) in [6.45, 7) is 5.90. The van der Waals surface area contributed by atoms with E-state index < -0.39 is 0 Å². The summed E-state index contributed by atoms with van der Waals surface area (Å²) in [5, 5.41) is 18.2. The Bertz CT molecular complexity index is 323. The van der Waals surface area contributed by atoms with E-state index in [2.05, 4.69) is 20.0 Å². The van der Waals surface area contributed by atoms with Crippen molar-refractivity contribution >= 4 is 16.5 Å². The maximum Gasteiger partial charge on any atom is 0.203 e. The molecule has 0 unspecified atom stereocenters. The van der Waals surface area contributed by atoms with Crippen LogP contribution in [0.4, 0.5) is 5.13 Å². The number of nitrogens with two attached hydrogens (primary N) is 1. The van der Waals surface area contributed by atoms with E-state index in [9.17, 15) is 0 Å². The second kappa shape index (κ2) is 5.53. The quantitative estimate of drug-likeness (QED) is 0.723. The largest absolute Gasteiger partial charge is 0.395 e. The Morgan fingerprint density at radius 1 is 1.19 bits per heavy atom. The molecule has 7 heteroatoms. The number of hydrogen-bond acceptors (Lipinski definition) is 7. The number of anilines is 1. The third kappa shape index (κ3) is 3.11. The van der Waals surface area contributed by atoms with Gasteiger partial charge in [0, 0.05) is 32.7 Å². The monoisotopic (exact) mass is 243 g/mol. The number of aromatic nitrogens is 2. The van der Waals surface area contributed by atoms with E-state index >= 15 is 0 Å². The van der Waals surface area contributed by atoms with E-state index in [4.69, 9.17) is 10.8 Å². The number of nitrogen functional groups attached to an aromatic ring is 1. The molecule has 0 radical (unpaired) electrons.